The Morgan fingerprint density at radius 3 is 2.57 bits per heavy atom. The smallest absolute Gasteiger partial charge is 0.250 e. The number of carbonyl (C=O) groups is 2. The van der Waals surface area contributed by atoms with E-state index in [1.807, 2.05) is 41.3 Å². The Labute approximate surface area is 175 Å². The number of nitrogens with zero attached hydrogens (tertiary/aromatic N) is 1. The van der Waals surface area contributed by atoms with Crippen LogP contribution in [-0.4, -0.2) is 50.7 Å². The van der Waals surface area contributed by atoms with Gasteiger partial charge in [-0.3, -0.25) is 9.59 Å². The maximum absolute atomic E-state index is 13.5. The molecular weight excluding hydrogens is 384 g/mol. The number of methoxy groups -OCH3 is 2. The summed E-state index contributed by atoms with van der Waals surface area (Å²) < 4.78 is 16.0. The number of hydrogen-bond donors (Lipinski definition) is 1. The number of carbonyl (C=O) groups excluding carboxylic acids is 2. The summed E-state index contributed by atoms with van der Waals surface area (Å²) >= 11 is 0. The van der Waals surface area contributed by atoms with Crippen LogP contribution >= 0.6 is 0 Å². The van der Waals surface area contributed by atoms with Gasteiger partial charge in [-0.2, -0.15) is 0 Å². The third-order valence-electron chi connectivity index (χ3n) is 5.69. The molecule has 1 heterocycles. The van der Waals surface area contributed by atoms with E-state index < -0.39 is 5.41 Å². The molecule has 2 amide bonds. The molecule has 1 aliphatic carbocycles. The number of anilines is 1. The van der Waals surface area contributed by atoms with Crippen molar-refractivity contribution in [3.8, 4) is 11.5 Å². The van der Waals surface area contributed by atoms with Gasteiger partial charge in [0, 0.05) is 24.9 Å². The van der Waals surface area contributed by atoms with Crippen LogP contribution in [0, 0.1) is 0 Å². The van der Waals surface area contributed by atoms with E-state index >= 15 is 0 Å². The van der Waals surface area contributed by atoms with Crippen LogP contribution in [0.3, 0.4) is 0 Å². The highest BCUT2D eigenvalue weighted by Gasteiger charge is 2.53. The Morgan fingerprint density at radius 2 is 1.90 bits per heavy atom. The third kappa shape index (κ3) is 3.98. The van der Waals surface area contributed by atoms with Crippen molar-refractivity contribution in [2.24, 2.45) is 0 Å². The topological polar surface area (TPSA) is 77.1 Å². The van der Waals surface area contributed by atoms with Gasteiger partial charge in [-0.1, -0.05) is 12.1 Å². The lowest BCUT2D eigenvalue weighted by molar-refractivity contribution is -0.134. The third-order valence-corrected chi connectivity index (χ3v) is 5.69. The Balaban J connectivity index is 1.53. The Kier molecular flexibility index (Phi) is 5.63. The minimum Gasteiger partial charge on any atom is -0.497 e. The molecule has 7 heteroatoms. The molecule has 1 aliphatic heterocycles. The molecular formula is C23H26N2O5. The van der Waals surface area contributed by atoms with Gasteiger partial charge in [-0.05, 0) is 48.7 Å². The summed E-state index contributed by atoms with van der Waals surface area (Å²) in [6.07, 6.45) is 1.69. The molecule has 0 aromatic heterocycles. The number of nitrogens with one attached hydrogen (secondary N) is 1. The van der Waals surface area contributed by atoms with Crippen molar-refractivity contribution < 1.29 is 23.8 Å². The largest absolute Gasteiger partial charge is 0.497 e. The van der Waals surface area contributed by atoms with E-state index in [9.17, 15) is 9.59 Å². The number of ether oxygens (including phenoxy) is 3. The molecule has 0 atom stereocenters. The van der Waals surface area contributed by atoms with Crippen LogP contribution in [0.15, 0.2) is 42.5 Å². The van der Waals surface area contributed by atoms with Gasteiger partial charge in [0.25, 0.3) is 0 Å². The first-order valence-electron chi connectivity index (χ1n) is 10.0. The number of fused-ring (bicyclic) bond motifs is 1. The van der Waals surface area contributed by atoms with Crippen molar-refractivity contribution in [1.29, 1.82) is 0 Å². The van der Waals surface area contributed by atoms with Crippen molar-refractivity contribution in [2.45, 2.75) is 24.8 Å². The van der Waals surface area contributed by atoms with Crippen LogP contribution in [0.5, 0.6) is 11.5 Å². The molecule has 0 bridgehead atoms. The molecule has 0 spiro atoms. The molecule has 0 unspecified atom stereocenters. The fourth-order valence-corrected chi connectivity index (χ4v) is 3.94. The van der Waals surface area contributed by atoms with E-state index in [0.717, 1.165) is 35.5 Å². The first kappa shape index (κ1) is 20.2. The first-order chi connectivity index (χ1) is 14.6. The highest BCUT2D eigenvalue weighted by molar-refractivity contribution is 5.92. The number of amides is 2. The lowest BCUT2D eigenvalue weighted by Crippen LogP contribution is -2.40. The second-order valence-electron chi connectivity index (χ2n) is 7.69. The van der Waals surface area contributed by atoms with Crippen LogP contribution in [0.4, 0.5) is 5.69 Å². The van der Waals surface area contributed by atoms with Gasteiger partial charge >= 0.3 is 0 Å². The monoisotopic (exact) mass is 410 g/mol. The van der Waals surface area contributed by atoms with Crippen LogP contribution in [0.25, 0.3) is 0 Å². The summed E-state index contributed by atoms with van der Waals surface area (Å²) in [4.78, 5) is 27.2. The van der Waals surface area contributed by atoms with Gasteiger partial charge in [-0.25, -0.2) is 0 Å². The minimum atomic E-state index is -0.457. The van der Waals surface area contributed by atoms with Crippen LogP contribution in [0.2, 0.25) is 0 Å². The molecule has 30 heavy (non-hydrogen) atoms. The summed E-state index contributed by atoms with van der Waals surface area (Å²) in [6, 6.07) is 13.3. The van der Waals surface area contributed by atoms with Crippen molar-refractivity contribution in [3.63, 3.8) is 0 Å². The van der Waals surface area contributed by atoms with Gasteiger partial charge < -0.3 is 24.4 Å². The van der Waals surface area contributed by atoms with E-state index in [0.29, 0.717) is 25.4 Å². The Morgan fingerprint density at radius 1 is 1.13 bits per heavy atom. The maximum Gasteiger partial charge on any atom is 0.250 e. The molecule has 2 aliphatic rings. The van der Waals surface area contributed by atoms with Gasteiger partial charge in [0.1, 0.15) is 24.7 Å². The Hall–Kier alpha value is -3.06. The van der Waals surface area contributed by atoms with Gasteiger partial charge in [0.2, 0.25) is 11.8 Å². The van der Waals surface area contributed by atoms with Crippen LogP contribution in [0.1, 0.15) is 24.0 Å². The lowest BCUT2D eigenvalue weighted by atomic mass is 9.94. The van der Waals surface area contributed by atoms with E-state index in [4.69, 9.17) is 14.2 Å². The standard InChI is InChI=1S/C23H26N2O5/c1-28-15-21(26)24-18-5-8-20-16(13-18)14-25(11-12-30-20)22(27)23(9-10-23)17-3-6-19(29-2)7-4-17/h3-8,13H,9-12,14-15H2,1-2H3,(H,24,26). The van der Waals surface area contributed by atoms with E-state index in [1.54, 1.807) is 13.2 Å². The maximum atomic E-state index is 13.5. The van der Waals surface area contributed by atoms with Crippen molar-refractivity contribution >= 4 is 17.5 Å². The SMILES string of the molecule is COCC(=O)Nc1ccc2c(c1)CN(C(=O)C1(c3ccc(OC)cc3)CC1)CCO2. The van der Waals surface area contributed by atoms with E-state index in [-0.39, 0.29) is 18.4 Å². The van der Waals surface area contributed by atoms with Gasteiger partial charge in [0.05, 0.1) is 19.1 Å². The molecule has 158 valence electrons. The van der Waals surface area contributed by atoms with Crippen LogP contribution in [-0.2, 0) is 26.3 Å². The summed E-state index contributed by atoms with van der Waals surface area (Å²) in [5, 5.41) is 2.80. The second kappa shape index (κ2) is 8.36. The molecule has 4 rings (SSSR count). The molecule has 0 radical (unpaired) electrons. The average molecular weight is 410 g/mol. The minimum absolute atomic E-state index is 0.0113. The average Bonchev–Trinajstić information content (AvgIpc) is 3.58. The van der Waals surface area contributed by atoms with E-state index in [1.165, 1.54) is 7.11 Å². The second-order valence-corrected chi connectivity index (χ2v) is 7.69. The first-order valence-corrected chi connectivity index (χ1v) is 10.0. The number of rotatable bonds is 6. The summed E-state index contributed by atoms with van der Waals surface area (Å²) in [5.41, 5.74) is 2.10. The molecule has 2 aromatic rings. The molecule has 2 aromatic carbocycles. The number of benzene rings is 2. The van der Waals surface area contributed by atoms with Crippen LogP contribution < -0.4 is 14.8 Å². The van der Waals surface area contributed by atoms with Crippen molar-refractivity contribution in [2.75, 3.05) is 39.3 Å². The molecule has 1 N–H and O–H groups in total. The summed E-state index contributed by atoms with van der Waals surface area (Å²) in [6.45, 7) is 1.40. The van der Waals surface area contributed by atoms with Crippen molar-refractivity contribution in [1.82, 2.24) is 4.90 Å². The normalized spacial score (nSPS) is 16.7. The predicted octanol–water partition coefficient (Wildman–Crippen LogP) is 2.73. The van der Waals surface area contributed by atoms with Gasteiger partial charge in [-0.15, -0.1) is 0 Å². The quantitative estimate of drug-likeness (QED) is 0.792. The zero-order chi connectivity index (χ0) is 21.1. The fourth-order valence-electron chi connectivity index (χ4n) is 3.94. The number of hydrogen-bond acceptors (Lipinski definition) is 5. The molecule has 0 saturated heterocycles. The molecule has 1 saturated carbocycles. The molecule has 1 fully saturated rings. The van der Waals surface area contributed by atoms with E-state index in [2.05, 4.69) is 5.32 Å². The van der Waals surface area contributed by atoms with Gasteiger partial charge in [0.15, 0.2) is 0 Å². The predicted molar refractivity (Wildman–Crippen MR) is 112 cm³/mol. The Bertz CT molecular complexity index is 937. The molecule has 7 nitrogen and oxygen atoms in total. The lowest BCUT2D eigenvalue weighted by Gasteiger charge is -2.26. The fraction of sp³-hybridized carbons (Fsp3) is 0.391. The highest BCUT2D eigenvalue weighted by atomic mass is 16.5. The summed E-state index contributed by atoms with van der Waals surface area (Å²) in [7, 11) is 3.11. The highest BCUT2D eigenvalue weighted by Crippen LogP contribution is 2.50. The zero-order valence-corrected chi connectivity index (χ0v) is 17.3. The summed E-state index contributed by atoms with van der Waals surface area (Å²) in [5.74, 6) is 1.42. The van der Waals surface area contributed by atoms with Crippen molar-refractivity contribution in [3.05, 3.63) is 53.6 Å². The zero-order valence-electron chi connectivity index (χ0n) is 17.3.